The Labute approximate surface area is 243 Å². The number of hydrogen-bond acceptors (Lipinski definition) is 8. The van der Waals surface area contributed by atoms with Crippen molar-refractivity contribution in [3.63, 3.8) is 0 Å². The molecule has 0 radical (unpaired) electrons. The Bertz CT molecular complexity index is 1590. The number of ketones is 1. The number of rotatable bonds is 11. The van der Waals surface area contributed by atoms with Crippen LogP contribution in [0.2, 0.25) is 0 Å². The average molecular weight is 594 g/mol. The Kier molecular flexibility index (Phi) is 9.48. The molecule has 1 aliphatic heterocycles. The number of hydrogen-bond donors (Lipinski definition) is 1. The van der Waals surface area contributed by atoms with Crippen LogP contribution in [-0.4, -0.2) is 60.5 Å². The van der Waals surface area contributed by atoms with Gasteiger partial charge in [-0.1, -0.05) is 54.1 Å². The molecule has 1 fully saturated rings. The molecule has 3 aromatic rings. The van der Waals surface area contributed by atoms with Crippen LogP contribution in [0, 0.1) is 17.0 Å². The minimum absolute atomic E-state index is 0.0158. The third kappa shape index (κ3) is 6.72. The van der Waals surface area contributed by atoms with Crippen molar-refractivity contribution in [2.75, 3.05) is 13.2 Å². The molecule has 4 rings (SSSR count). The van der Waals surface area contributed by atoms with Gasteiger partial charge in [-0.25, -0.2) is 13.2 Å². The molecule has 0 unspecified atom stereocenters. The lowest BCUT2D eigenvalue weighted by atomic mass is 9.98. The maximum atomic E-state index is 13.4. The summed E-state index contributed by atoms with van der Waals surface area (Å²) in [5, 5.41) is 14.0. The quantitative estimate of drug-likeness (QED) is 0.153. The van der Waals surface area contributed by atoms with E-state index in [-0.39, 0.29) is 41.3 Å². The normalized spacial score (nSPS) is 16.0. The van der Waals surface area contributed by atoms with Gasteiger partial charge in [-0.2, -0.15) is 4.31 Å². The number of amides is 1. The first kappa shape index (κ1) is 30.5. The smallest absolute Gasteiger partial charge is 0.328 e. The van der Waals surface area contributed by atoms with E-state index in [1.807, 2.05) is 6.92 Å². The number of carbonyl (C=O) groups excluding carboxylic acids is 3. The SMILES string of the molecule is CCOC(=O)[C@H](Cc1ccc(C(=O)c2ccccc2[N+](=O)[O-])cc1)NC(=O)[C@@H]1CCCN1S(=O)(=O)c1ccc(C)cc1. The molecule has 42 heavy (non-hydrogen) atoms. The first-order valence-electron chi connectivity index (χ1n) is 13.5. The van der Waals surface area contributed by atoms with Crippen molar-refractivity contribution in [3.8, 4) is 0 Å². The van der Waals surface area contributed by atoms with Crippen LogP contribution in [0.25, 0.3) is 0 Å². The Morgan fingerprint density at radius 3 is 2.36 bits per heavy atom. The molecule has 1 N–H and O–H groups in total. The van der Waals surface area contributed by atoms with E-state index >= 15 is 0 Å². The molecule has 12 heteroatoms. The number of aryl methyl sites for hydroxylation is 1. The first-order valence-corrected chi connectivity index (χ1v) is 14.9. The lowest BCUT2D eigenvalue weighted by Crippen LogP contribution is -2.51. The highest BCUT2D eigenvalue weighted by Gasteiger charge is 2.40. The van der Waals surface area contributed by atoms with Crippen LogP contribution in [0.1, 0.15) is 46.8 Å². The third-order valence-corrected chi connectivity index (χ3v) is 8.95. The average Bonchev–Trinajstić information content (AvgIpc) is 3.49. The number of nitrogens with zero attached hydrogens (tertiary/aromatic N) is 2. The van der Waals surface area contributed by atoms with Crippen LogP contribution < -0.4 is 5.32 Å². The van der Waals surface area contributed by atoms with Crippen LogP contribution >= 0.6 is 0 Å². The van der Waals surface area contributed by atoms with Crippen LogP contribution in [-0.2, 0) is 30.8 Å². The van der Waals surface area contributed by atoms with Gasteiger partial charge in [0.2, 0.25) is 15.9 Å². The molecule has 0 aliphatic carbocycles. The summed E-state index contributed by atoms with van der Waals surface area (Å²) in [7, 11) is -3.94. The summed E-state index contributed by atoms with van der Waals surface area (Å²) in [6, 6.07) is 16.1. The van der Waals surface area contributed by atoms with Crippen molar-refractivity contribution in [1.82, 2.24) is 9.62 Å². The van der Waals surface area contributed by atoms with Crippen molar-refractivity contribution in [1.29, 1.82) is 0 Å². The molecule has 3 aromatic carbocycles. The fourth-order valence-corrected chi connectivity index (χ4v) is 6.50. The summed E-state index contributed by atoms with van der Waals surface area (Å²) in [5.74, 6) is -1.82. The zero-order valence-corrected chi connectivity index (χ0v) is 24.0. The highest BCUT2D eigenvalue weighted by molar-refractivity contribution is 7.89. The molecule has 2 atom stereocenters. The number of ether oxygens (including phenoxy) is 1. The third-order valence-electron chi connectivity index (χ3n) is 7.02. The van der Waals surface area contributed by atoms with Gasteiger partial charge in [-0.3, -0.25) is 19.7 Å². The molecule has 1 saturated heterocycles. The summed E-state index contributed by atoms with van der Waals surface area (Å²) >= 11 is 0. The van der Waals surface area contributed by atoms with Crippen LogP contribution in [0.4, 0.5) is 5.69 Å². The van der Waals surface area contributed by atoms with Crippen molar-refractivity contribution < 1.29 is 32.5 Å². The van der Waals surface area contributed by atoms with E-state index < -0.39 is 44.7 Å². The molecule has 11 nitrogen and oxygen atoms in total. The zero-order chi connectivity index (χ0) is 30.4. The number of nitro benzene ring substituents is 1. The lowest BCUT2D eigenvalue weighted by molar-refractivity contribution is -0.385. The van der Waals surface area contributed by atoms with E-state index in [4.69, 9.17) is 4.74 Å². The monoisotopic (exact) mass is 593 g/mol. The summed E-state index contributed by atoms with van der Waals surface area (Å²) in [6.07, 6.45) is 0.805. The molecule has 0 spiro atoms. The van der Waals surface area contributed by atoms with Gasteiger partial charge in [0.25, 0.3) is 5.69 Å². The number of nitro groups is 1. The molecule has 0 aromatic heterocycles. The van der Waals surface area contributed by atoms with Crippen LogP contribution in [0.3, 0.4) is 0 Å². The minimum atomic E-state index is -3.94. The van der Waals surface area contributed by atoms with Gasteiger partial charge >= 0.3 is 5.97 Å². The maximum Gasteiger partial charge on any atom is 0.328 e. The molecular weight excluding hydrogens is 562 g/mol. The van der Waals surface area contributed by atoms with Crippen LogP contribution in [0.15, 0.2) is 77.7 Å². The number of nitrogens with one attached hydrogen (secondary N) is 1. The number of esters is 1. The van der Waals surface area contributed by atoms with Crippen molar-refractivity contribution in [2.45, 2.75) is 50.1 Å². The highest BCUT2D eigenvalue weighted by atomic mass is 32.2. The second-order valence-electron chi connectivity index (χ2n) is 9.90. The fraction of sp³-hybridized carbons (Fsp3) is 0.300. The summed E-state index contributed by atoms with van der Waals surface area (Å²) in [5.41, 5.74) is 1.35. The van der Waals surface area contributed by atoms with Crippen LogP contribution in [0.5, 0.6) is 0 Å². The van der Waals surface area contributed by atoms with Gasteiger partial charge in [0, 0.05) is 24.6 Å². The lowest BCUT2D eigenvalue weighted by Gasteiger charge is -2.25. The predicted octanol–water partition coefficient (Wildman–Crippen LogP) is 3.58. The number of benzene rings is 3. The fourth-order valence-electron chi connectivity index (χ4n) is 4.85. The Morgan fingerprint density at radius 1 is 1.05 bits per heavy atom. The number of carbonyl (C=O) groups is 3. The second kappa shape index (κ2) is 13.0. The minimum Gasteiger partial charge on any atom is -0.464 e. The highest BCUT2D eigenvalue weighted by Crippen LogP contribution is 2.27. The second-order valence-corrected chi connectivity index (χ2v) is 11.8. The van der Waals surface area contributed by atoms with Gasteiger partial charge in [0.1, 0.15) is 17.6 Å². The van der Waals surface area contributed by atoms with Gasteiger partial charge in [0.15, 0.2) is 5.78 Å². The van der Waals surface area contributed by atoms with Crippen molar-refractivity contribution in [3.05, 3.63) is 105 Å². The topological polar surface area (TPSA) is 153 Å². The standard InChI is InChI=1S/C30H31N3O8S/c1-3-41-30(36)25(19-21-12-14-22(15-13-21)28(34)24-7-4-5-8-26(24)33(37)38)31-29(35)27-9-6-18-32(27)42(39,40)23-16-10-20(2)11-17-23/h4-5,7-8,10-17,25,27H,3,6,9,18-19H2,1-2H3,(H,31,35)/t25-,27-/m0/s1. The van der Waals surface area contributed by atoms with E-state index in [2.05, 4.69) is 5.32 Å². The number of sulfonamides is 1. The maximum absolute atomic E-state index is 13.4. The molecular formula is C30H31N3O8S. The van der Waals surface area contributed by atoms with Gasteiger partial charge < -0.3 is 10.1 Å². The summed E-state index contributed by atoms with van der Waals surface area (Å²) < 4.78 is 33.0. The van der Waals surface area contributed by atoms with E-state index in [1.54, 1.807) is 37.3 Å². The molecule has 0 saturated carbocycles. The van der Waals surface area contributed by atoms with Gasteiger partial charge in [0.05, 0.1) is 16.4 Å². The van der Waals surface area contributed by atoms with Crippen molar-refractivity contribution >= 4 is 33.4 Å². The van der Waals surface area contributed by atoms with E-state index in [1.165, 1.54) is 46.8 Å². The largest absolute Gasteiger partial charge is 0.464 e. The van der Waals surface area contributed by atoms with Gasteiger partial charge in [-0.05, 0) is 50.5 Å². The Hall–Kier alpha value is -4.42. The van der Waals surface area contributed by atoms with Crippen molar-refractivity contribution in [2.24, 2.45) is 0 Å². The first-order chi connectivity index (χ1) is 20.0. The molecule has 1 heterocycles. The predicted molar refractivity (Wildman–Crippen MR) is 153 cm³/mol. The van der Waals surface area contributed by atoms with E-state index in [0.717, 1.165) is 5.56 Å². The number of para-hydroxylation sites is 1. The molecule has 1 aliphatic rings. The van der Waals surface area contributed by atoms with Gasteiger partial charge in [-0.15, -0.1) is 0 Å². The molecule has 220 valence electrons. The molecule has 0 bridgehead atoms. The Morgan fingerprint density at radius 2 is 1.71 bits per heavy atom. The zero-order valence-electron chi connectivity index (χ0n) is 23.2. The summed E-state index contributed by atoms with van der Waals surface area (Å²) in [4.78, 5) is 49.9. The Balaban J connectivity index is 1.51. The molecule has 1 amide bonds. The summed E-state index contributed by atoms with van der Waals surface area (Å²) in [6.45, 7) is 3.73. The van der Waals surface area contributed by atoms with E-state index in [0.29, 0.717) is 18.4 Å². The van der Waals surface area contributed by atoms with E-state index in [9.17, 15) is 32.9 Å².